The second-order valence-electron chi connectivity index (χ2n) is 4.90. The molecule has 0 fully saturated rings. The minimum absolute atomic E-state index is 0.0437. The number of hydrogen-bond donors (Lipinski definition) is 0. The summed E-state index contributed by atoms with van der Waals surface area (Å²) in [6.45, 7) is 0.118. The fourth-order valence-corrected chi connectivity index (χ4v) is 2.49. The number of non-ortho nitro benzene ring substituents is 1. The smallest absolute Gasteiger partial charge is 0.274 e. The Hall–Kier alpha value is -3.42. The molecular weight excluding hydrogens is 302 g/mol. The van der Waals surface area contributed by atoms with Gasteiger partial charge in [0, 0.05) is 30.0 Å². The highest BCUT2D eigenvalue weighted by Gasteiger charge is 2.17. The Balaban J connectivity index is 1.96. The Morgan fingerprint density at radius 1 is 1.13 bits per heavy atom. The zero-order valence-electron chi connectivity index (χ0n) is 11.6. The van der Waals surface area contributed by atoms with Crippen molar-refractivity contribution in [3.63, 3.8) is 0 Å². The molecule has 0 aliphatic carbocycles. The van der Waals surface area contributed by atoms with Crippen LogP contribution in [0.25, 0.3) is 16.7 Å². The molecule has 0 saturated heterocycles. The van der Waals surface area contributed by atoms with E-state index in [1.54, 1.807) is 12.1 Å². The van der Waals surface area contributed by atoms with E-state index in [4.69, 9.17) is 9.47 Å². The highest BCUT2D eigenvalue weighted by atomic mass is 16.7. The van der Waals surface area contributed by atoms with Crippen LogP contribution in [0.15, 0.2) is 47.4 Å². The van der Waals surface area contributed by atoms with E-state index >= 15 is 0 Å². The summed E-state index contributed by atoms with van der Waals surface area (Å²) < 4.78 is 12.1. The highest BCUT2D eigenvalue weighted by molar-refractivity contribution is 5.81. The predicted molar refractivity (Wildman–Crippen MR) is 80.1 cm³/mol. The van der Waals surface area contributed by atoms with E-state index in [0.29, 0.717) is 28.2 Å². The van der Waals surface area contributed by atoms with Crippen LogP contribution < -0.4 is 15.0 Å². The van der Waals surface area contributed by atoms with Gasteiger partial charge in [0.05, 0.1) is 22.2 Å². The van der Waals surface area contributed by atoms with E-state index < -0.39 is 4.92 Å². The second kappa shape index (κ2) is 4.80. The van der Waals surface area contributed by atoms with Crippen molar-refractivity contribution >= 4 is 16.7 Å². The summed E-state index contributed by atoms with van der Waals surface area (Å²) in [5.41, 5.74) is 1.22. The number of nitro benzene ring substituents is 1. The maximum absolute atomic E-state index is 12.2. The fraction of sp³-hybridized carbons (Fsp3) is 0.0667. The van der Waals surface area contributed by atoms with Gasteiger partial charge in [0.25, 0.3) is 11.2 Å². The minimum Gasteiger partial charge on any atom is -0.454 e. The Morgan fingerprint density at radius 3 is 2.52 bits per heavy atom. The summed E-state index contributed by atoms with van der Waals surface area (Å²) in [6, 6.07) is 9.10. The molecule has 23 heavy (non-hydrogen) atoms. The van der Waals surface area contributed by atoms with Gasteiger partial charge in [-0.25, -0.2) is 4.98 Å². The van der Waals surface area contributed by atoms with E-state index in [9.17, 15) is 14.9 Å². The molecule has 2 aromatic carbocycles. The van der Waals surface area contributed by atoms with Gasteiger partial charge in [0.15, 0.2) is 11.5 Å². The third kappa shape index (κ3) is 2.08. The van der Waals surface area contributed by atoms with Crippen molar-refractivity contribution in [2.75, 3.05) is 6.79 Å². The number of aromatic nitrogens is 2. The molecule has 0 N–H and O–H groups in total. The van der Waals surface area contributed by atoms with Crippen molar-refractivity contribution in [2.45, 2.75) is 0 Å². The summed E-state index contributed by atoms with van der Waals surface area (Å²) in [5.74, 6) is 1.10. The monoisotopic (exact) mass is 311 g/mol. The summed E-state index contributed by atoms with van der Waals surface area (Å²) in [5, 5.41) is 10.8. The van der Waals surface area contributed by atoms with Crippen LogP contribution in [0.1, 0.15) is 0 Å². The maximum atomic E-state index is 12.2. The Kier molecular flexibility index (Phi) is 2.77. The van der Waals surface area contributed by atoms with E-state index in [1.807, 2.05) is 0 Å². The van der Waals surface area contributed by atoms with Crippen LogP contribution in [0.4, 0.5) is 5.69 Å². The number of ether oxygens (including phenoxy) is 2. The van der Waals surface area contributed by atoms with Crippen LogP contribution in [0.2, 0.25) is 0 Å². The van der Waals surface area contributed by atoms with Crippen molar-refractivity contribution < 1.29 is 14.4 Å². The zero-order valence-corrected chi connectivity index (χ0v) is 11.6. The van der Waals surface area contributed by atoms with Gasteiger partial charge in [-0.1, -0.05) is 0 Å². The van der Waals surface area contributed by atoms with E-state index in [0.717, 1.165) is 0 Å². The normalized spacial score (nSPS) is 12.5. The molecular formula is C15H9N3O5. The molecule has 1 aliphatic rings. The summed E-state index contributed by atoms with van der Waals surface area (Å²) in [7, 11) is 0. The van der Waals surface area contributed by atoms with Gasteiger partial charge >= 0.3 is 0 Å². The first-order valence-corrected chi connectivity index (χ1v) is 6.70. The predicted octanol–water partition coefficient (Wildman–Crippen LogP) is 2.02. The molecule has 0 bridgehead atoms. The van der Waals surface area contributed by atoms with E-state index in [2.05, 4.69) is 4.98 Å². The number of benzene rings is 2. The van der Waals surface area contributed by atoms with Gasteiger partial charge in [-0.3, -0.25) is 19.5 Å². The zero-order chi connectivity index (χ0) is 16.0. The standard InChI is InChI=1S/C15H9N3O5/c19-15-7-16-11-5-13-14(23-8-22-13)6-12(11)17(15)9-1-3-10(4-2-9)18(20)21/h1-7H,8H2. The lowest BCUT2D eigenvalue weighted by Gasteiger charge is -2.10. The molecule has 0 radical (unpaired) electrons. The SMILES string of the molecule is O=c1cnc2cc3c(cc2n1-c1ccc([N+](=O)[O-])cc1)OCO3. The molecule has 3 aromatic rings. The van der Waals surface area contributed by atoms with E-state index in [1.165, 1.54) is 35.0 Å². The van der Waals surface area contributed by atoms with Crippen LogP contribution in [-0.2, 0) is 0 Å². The van der Waals surface area contributed by atoms with Crippen LogP contribution >= 0.6 is 0 Å². The molecule has 0 amide bonds. The van der Waals surface area contributed by atoms with E-state index in [-0.39, 0.29) is 18.0 Å². The first-order valence-electron chi connectivity index (χ1n) is 6.70. The molecule has 4 rings (SSSR count). The third-order valence-electron chi connectivity index (χ3n) is 3.56. The fourth-order valence-electron chi connectivity index (χ4n) is 2.49. The molecule has 2 heterocycles. The number of rotatable bonds is 2. The highest BCUT2D eigenvalue weighted by Crippen LogP contribution is 2.35. The maximum Gasteiger partial charge on any atom is 0.274 e. The lowest BCUT2D eigenvalue weighted by atomic mass is 10.2. The lowest BCUT2D eigenvalue weighted by Crippen LogP contribution is -2.18. The molecule has 0 unspecified atom stereocenters. The Morgan fingerprint density at radius 2 is 1.83 bits per heavy atom. The quantitative estimate of drug-likeness (QED) is 0.530. The third-order valence-corrected chi connectivity index (χ3v) is 3.56. The van der Waals surface area contributed by atoms with Gasteiger partial charge in [0.2, 0.25) is 6.79 Å². The molecule has 114 valence electrons. The van der Waals surface area contributed by atoms with Crippen LogP contribution in [0.3, 0.4) is 0 Å². The summed E-state index contributed by atoms with van der Waals surface area (Å²) in [6.07, 6.45) is 1.20. The van der Waals surface area contributed by atoms with Crippen LogP contribution in [0.5, 0.6) is 11.5 Å². The molecule has 8 nitrogen and oxygen atoms in total. The van der Waals surface area contributed by atoms with Gasteiger partial charge in [0.1, 0.15) is 0 Å². The number of hydrogen-bond acceptors (Lipinski definition) is 6. The van der Waals surface area contributed by atoms with Gasteiger partial charge in [-0.2, -0.15) is 0 Å². The topological polar surface area (TPSA) is 96.5 Å². The summed E-state index contributed by atoms with van der Waals surface area (Å²) >= 11 is 0. The lowest BCUT2D eigenvalue weighted by molar-refractivity contribution is -0.384. The number of nitro groups is 1. The van der Waals surface area contributed by atoms with Crippen molar-refractivity contribution in [2.24, 2.45) is 0 Å². The van der Waals surface area contributed by atoms with Gasteiger partial charge in [-0.05, 0) is 12.1 Å². The van der Waals surface area contributed by atoms with Crippen LogP contribution in [0, 0.1) is 10.1 Å². The van der Waals surface area contributed by atoms with Crippen molar-refractivity contribution in [1.82, 2.24) is 9.55 Å². The van der Waals surface area contributed by atoms with Gasteiger partial charge < -0.3 is 9.47 Å². The average molecular weight is 311 g/mol. The minimum atomic E-state index is -0.491. The van der Waals surface area contributed by atoms with Crippen molar-refractivity contribution in [1.29, 1.82) is 0 Å². The van der Waals surface area contributed by atoms with Crippen molar-refractivity contribution in [3.05, 3.63) is 63.1 Å². The molecule has 0 atom stereocenters. The Labute approximate surface area is 128 Å². The molecule has 1 aliphatic heterocycles. The Bertz CT molecular complexity index is 994. The average Bonchev–Trinajstić information content (AvgIpc) is 3.00. The van der Waals surface area contributed by atoms with Gasteiger partial charge in [-0.15, -0.1) is 0 Å². The largest absolute Gasteiger partial charge is 0.454 e. The number of nitrogens with zero attached hydrogens (tertiary/aromatic N) is 3. The molecule has 8 heteroatoms. The first kappa shape index (κ1) is 13.3. The molecule has 0 saturated carbocycles. The van der Waals surface area contributed by atoms with Crippen molar-refractivity contribution in [3.8, 4) is 17.2 Å². The molecule has 0 spiro atoms. The van der Waals surface area contributed by atoms with Crippen LogP contribution in [-0.4, -0.2) is 21.3 Å². The second-order valence-corrected chi connectivity index (χ2v) is 4.90. The number of fused-ring (bicyclic) bond motifs is 2. The first-order chi connectivity index (χ1) is 11.1. The summed E-state index contributed by atoms with van der Waals surface area (Å²) in [4.78, 5) is 26.6. The molecule has 1 aromatic heterocycles.